The van der Waals surface area contributed by atoms with Gasteiger partial charge in [-0.15, -0.1) is 0 Å². The predicted molar refractivity (Wildman–Crippen MR) is 85.4 cm³/mol. The number of nitrogens with two attached hydrogens (primary N) is 1. The minimum absolute atomic E-state index is 0.104. The molecule has 0 aromatic heterocycles. The second-order valence-corrected chi connectivity index (χ2v) is 11.5. The molecule has 3 N–H and O–H groups in total. The first kappa shape index (κ1) is 16.0. The Kier molecular flexibility index (Phi) is 4.68. The first-order valence-electron chi connectivity index (χ1n) is 6.04. The van der Waals surface area contributed by atoms with Crippen molar-refractivity contribution in [1.82, 2.24) is 0 Å². The number of hydrogen-bond donors (Lipinski definition) is 2. The average Bonchev–Trinajstić information content (AvgIpc) is 2.26. The molecule has 4 nitrogen and oxygen atoms in total. The van der Waals surface area contributed by atoms with Crippen LogP contribution in [0.15, 0.2) is 21.7 Å². The molecule has 6 heteroatoms. The van der Waals surface area contributed by atoms with Gasteiger partial charge in [0.05, 0.1) is 16.3 Å². The summed E-state index contributed by atoms with van der Waals surface area (Å²) in [5.74, 6) is 5.97. The van der Waals surface area contributed by atoms with E-state index in [9.17, 15) is 5.11 Å². The summed E-state index contributed by atoms with van der Waals surface area (Å²) in [6.07, 6.45) is 1.40. The lowest BCUT2D eigenvalue weighted by Crippen LogP contribution is -2.44. The summed E-state index contributed by atoms with van der Waals surface area (Å²) in [6.45, 7) is 10.9. The summed E-state index contributed by atoms with van der Waals surface area (Å²) < 4.78 is 6.89. The highest BCUT2D eigenvalue weighted by molar-refractivity contribution is 9.10. The van der Waals surface area contributed by atoms with Gasteiger partial charge >= 0.3 is 0 Å². The van der Waals surface area contributed by atoms with Gasteiger partial charge in [-0.05, 0) is 46.2 Å². The van der Waals surface area contributed by atoms with Gasteiger partial charge in [-0.1, -0.05) is 20.8 Å². The molecule has 0 aliphatic carbocycles. The van der Waals surface area contributed by atoms with Gasteiger partial charge in [0.25, 0.3) is 8.32 Å². The summed E-state index contributed by atoms with van der Waals surface area (Å²) in [6, 6.07) is 3.35. The maximum atomic E-state index is 9.78. The van der Waals surface area contributed by atoms with Crippen LogP contribution < -0.4 is 10.3 Å². The summed E-state index contributed by atoms with van der Waals surface area (Å²) in [4.78, 5) is 0. The Balaban J connectivity index is 3.21. The third-order valence-corrected chi connectivity index (χ3v) is 8.66. The van der Waals surface area contributed by atoms with E-state index in [1.165, 1.54) is 6.21 Å². The van der Waals surface area contributed by atoms with Gasteiger partial charge < -0.3 is 15.4 Å². The molecular weight excluding hydrogens is 324 g/mol. The standard InChI is InChI=1S/C13H21BrN2O2Si/c1-13(2,3)19(4,5)18-11-7-6-10(17)9(8-16-15)12(11)14/h6-8,17H,15H2,1-5H3. The smallest absolute Gasteiger partial charge is 0.250 e. The van der Waals surface area contributed by atoms with Gasteiger partial charge in [-0.25, -0.2) is 0 Å². The Bertz CT molecular complexity index is 496. The minimum Gasteiger partial charge on any atom is -0.543 e. The van der Waals surface area contributed by atoms with Crippen molar-refractivity contribution in [2.45, 2.75) is 38.9 Å². The van der Waals surface area contributed by atoms with Crippen molar-refractivity contribution in [3.63, 3.8) is 0 Å². The molecule has 0 aliphatic heterocycles. The van der Waals surface area contributed by atoms with Crippen molar-refractivity contribution in [1.29, 1.82) is 0 Å². The van der Waals surface area contributed by atoms with E-state index in [0.29, 0.717) is 15.8 Å². The van der Waals surface area contributed by atoms with E-state index in [0.717, 1.165) is 0 Å². The lowest BCUT2D eigenvalue weighted by molar-refractivity contribution is 0.466. The Morgan fingerprint density at radius 1 is 1.37 bits per heavy atom. The van der Waals surface area contributed by atoms with Crippen LogP contribution in [0.5, 0.6) is 11.5 Å². The van der Waals surface area contributed by atoms with E-state index in [1.54, 1.807) is 12.1 Å². The van der Waals surface area contributed by atoms with E-state index >= 15 is 0 Å². The molecule has 106 valence electrons. The van der Waals surface area contributed by atoms with E-state index in [4.69, 9.17) is 10.3 Å². The number of hydrogen-bond acceptors (Lipinski definition) is 4. The summed E-state index contributed by atoms with van der Waals surface area (Å²) in [7, 11) is -1.93. The molecule has 0 bridgehead atoms. The molecule has 0 heterocycles. The van der Waals surface area contributed by atoms with E-state index in [1.807, 2.05) is 0 Å². The summed E-state index contributed by atoms with van der Waals surface area (Å²) >= 11 is 3.44. The first-order chi connectivity index (χ1) is 8.60. The van der Waals surface area contributed by atoms with Crippen LogP contribution in [0.1, 0.15) is 26.3 Å². The van der Waals surface area contributed by atoms with Crippen molar-refractivity contribution < 1.29 is 9.53 Å². The molecule has 0 amide bonds. The summed E-state index contributed by atoms with van der Waals surface area (Å²) in [5, 5.41) is 13.3. The molecule has 0 radical (unpaired) electrons. The summed E-state index contributed by atoms with van der Waals surface area (Å²) in [5.41, 5.74) is 0.527. The van der Waals surface area contributed by atoms with Crippen LogP contribution in [0.4, 0.5) is 0 Å². The monoisotopic (exact) mass is 344 g/mol. The second-order valence-electron chi connectivity index (χ2n) is 5.95. The Hall–Kier alpha value is -1.01. The van der Waals surface area contributed by atoms with E-state index < -0.39 is 8.32 Å². The van der Waals surface area contributed by atoms with Crippen molar-refractivity contribution in [2.24, 2.45) is 10.9 Å². The highest BCUT2D eigenvalue weighted by Crippen LogP contribution is 2.41. The lowest BCUT2D eigenvalue weighted by Gasteiger charge is -2.36. The van der Waals surface area contributed by atoms with Gasteiger partial charge in [-0.2, -0.15) is 5.10 Å². The normalized spacial score (nSPS) is 12.9. The van der Waals surface area contributed by atoms with Crippen LogP contribution in [0.25, 0.3) is 0 Å². The number of hydrazone groups is 1. The molecule has 19 heavy (non-hydrogen) atoms. The molecule has 0 spiro atoms. The number of halogens is 1. The molecule has 0 saturated carbocycles. The third-order valence-electron chi connectivity index (χ3n) is 3.50. The number of rotatable bonds is 3. The highest BCUT2D eigenvalue weighted by atomic mass is 79.9. The number of phenols is 1. The van der Waals surface area contributed by atoms with Crippen LogP contribution in [-0.2, 0) is 0 Å². The quantitative estimate of drug-likeness (QED) is 0.379. The van der Waals surface area contributed by atoms with Crippen LogP contribution >= 0.6 is 15.9 Å². The fraction of sp³-hybridized carbons (Fsp3) is 0.462. The number of aromatic hydroxyl groups is 1. The SMILES string of the molecule is CC(C)(C)[Si](C)(C)Oc1ccc(O)c(C=NN)c1Br. The fourth-order valence-corrected chi connectivity index (χ4v) is 2.96. The number of nitrogens with zero attached hydrogens (tertiary/aromatic N) is 1. The third kappa shape index (κ3) is 3.51. The molecular formula is C13H21BrN2O2Si. The topological polar surface area (TPSA) is 67.8 Å². The zero-order valence-corrected chi connectivity index (χ0v) is 14.6. The van der Waals surface area contributed by atoms with Gasteiger partial charge in [0.1, 0.15) is 11.5 Å². The maximum absolute atomic E-state index is 9.78. The van der Waals surface area contributed by atoms with Crippen molar-refractivity contribution in [3.8, 4) is 11.5 Å². The first-order valence-corrected chi connectivity index (χ1v) is 9.74. The molecule has 0 aliphatic rings. The van der Waals surface area contributed by atoms with Gasteiger partial charge in [0.2, 0.25) is 0 Å². The van der Waals surface area contributed by atoms with E-state index in [-0.39, 0.29) is 10.8 Å². The molecule has 1 aromatic rings. The largest absolute Gasteiger partial charge is 0.543 e. The minimum atomic E-state index is -1.93. The Morgan fingerprint density at radius 3 is 2.42 bits per heavy atom. The lowest BCUT2D eigenvalue weighted by atomic mass is 10.2. The zero-order valence-electron chi connectivity index (χ0n) is 12.0. The van der Waals surface area contributed by atoms with Gasteiger partial charge in [-0.3, -0.25) is 0 Å². The van der Waals surface area contributed by atoms with Crippen LogP contribution in [-0.4, -0.2) is 19.6 Å². The zero-order chi connectivity index (χ0) is 14.8. The van der Waals surface area contributed by atoms with E-state index in [2.05, 4.69) is 54.9 Å². The molecule has 0 unspecified atom stereocenters. The maximum Gasteiger partial charge on any atom is 0.250 e. The molecule has 0 atom stereocenters. The highest BCUT2D eigenvalue weighted by Gasteiger charge is 2.39. The predicted octanol–water partition coefficient (Wildman–Crippen LogP) is 3.83. The van der Waals surface area contributed by atoms with Crippen LogP contribution in [0.2, 0.25) is 18.1 Å². The number of phenolic OH excluding ortho intramolecular Hbond substituents is 1. The molecule has 1 rings (SSSR count). The molecule has 0 fully saturated rings. The Labute approximate surface area is 123 Å². The molecule has 1 aromatic carbocycles. The second kappa shape index (κ2) is 5.54. The average molecular weight is 345 g/mol. The fourth-order valence-electron chi connectivity index (χ4n) is 1.27. The van der Waals surface area contributed by atoms with Crippen molar-refractivity contribution in [2.75, 3.05) is 0 Å². The molecule has 0 saturated heterocycles. The van der Waals surface area contributed by atoms with Gasteiger partial charge in [0.15, 0.2) is 0 Å². The Morgan fingerprint density at radius 2 is 1.95 bits per heavy atom. The van der Waals surface area contributed by atoms with Crippen molar-refractivity contribution in [3.05, 3.63) is 22.2 Å². The van der Waals surface area contributed by atoms with Crippen LogP contribution in [0, 0.1) is 0 Å². The van der Waals surface area contributed by atoms with Crippen molar-refractivity contribution >= 4 is 30.5 Å². The van der Waals surface area contributed by atoms with Crippen LogP contribution in [0.3, 0.4) is 0 Å². The van der Waals surface area contributed by atoms with Gasteiger partial charge in [0, 0.05) is 0 Å². The number of benzene rings is 1.